The predicted octanol–water partition coefficient (Wildman–Crippen LogP) is 3.31. The van der Waals surface area contributed by atoms with E-state index in [2.05, 4.69) is 14.9 Å². The van der Waals surface area contributed by atoms with Gasteiger partial charge in [-0.05, 0) is 48.5 Å². The average Bonchev–Trinajstić information content (AvgIpc) is 2.79. The molecule has 4 rings (SSSR count). The number of carbonyl (C=O) groups excluding carboxylic acids is 1. The number of carbonyl (C=O) groups is 1. The SMILES string of the molecule is CN(C)c1ccc(C(=O)N2CCN(c3cc(-c4ccc(F)cc4)ncn3)CC2)cc1. The third-order valence-electron chi connectivity index (χ3n) is 5.31. The van der Waals surface area contributed by atoms with Gasteiger partial charge in [0.25, 0.3) is 5.91 Å². The first-order chi connectivity index (χ1) is 14.5. The van der Waals surface area contributed by atoms with Crippen molar-refractivity contribution in [1.29, 1.82) is 0 Å². The van der Waals surface area contributed by atoms with Crippen LogP contribution in [0.25, 0.3) is 11.3 Å². The number of halogens is 1. The number of hydrogen-bond acceptors (Lipinski definition) is 5. The summed E-state index contributed by atoms with van der Waals surface area (Å²) in [5.74, 6) is 0.589. The second-order valence-corrected chi connectivity index (χ2v) is 7.49. The fourth-order valence-corrected chi connectivity index (χ4v) is 3.52. The third-order valence-corrected chi connectivity index (χ3v) is 5.31. The second-order valence-electron chi connectivity index (χ2n) is 7.49. The van der Waals surface area contributed by atoms with Crippen LogP contribution in [0.15, 0.2) is 60.9 Å². The van der Waals surface area contributed by atoms with Crippen molar-refractivity contribution in [2.45, 2.75) is 0 Å². The molecule has 1 amide bonds. The van der Waals surface area contributed by atoms with E-state index in [-0.39, 0.29) is 11.7 Å². The maximum atomic E-state index is 13.2. The molecule has 0 atom stereocenters. The van der Waals surface area contributed by atoms with E-state index < -0.39 is 0 Å². The van der Waals surface area contributed by atoms with Gasteiger partial charge < -0.3 is 14.7 Å². The number of hydrogen-bond donors (Lipinski definition) is 0. The van der Waals surface area contributed by atoms with Crippen molar-refractivity contribution in [3.05, 3.63) is 72.3 Å². The minimum absolute atomic E-state index is 0.0506. The summed E-state index contributed by atoms with van der Waals surface area (Å²) in [6.45, 7) is 2.65. The second kappa shape index (κ2) is 8.49. The number of piperazine rings is 1. The van der Waals surface area contributed by atoms with Crippen molar-refractivity contribution in [1.82, 2.24) is 14.9 Å². The highest BCUT2D eigenvalue weighted by Gasteiger charge is 2.23. The van der Waals surface area contributed by atoms with Crippen LogP contribution >= 0.6 is 0 Å². The number of amides is 1. The molecule has 7 heteroatoms. The molecule has 154 valence electrons. The zero-order valence-electron chi connectivity index (χ0n) is 17.1. The molecule has 2 heterocycles. The fraction of sp³-hybridized carbons (Fsp3) is 0.261. The summed E-state index contributed by atoms with van der Waals surface area (Å²) in [4.78, 5) is 27.6. The molecular weight excluding hydrogens is 381 g/mol. The number of nitrogens with zero attached hydrogens (tertiary/aromatic N) is 5. The predicted molar refractivity (Wildman–Crippen MR) is 116 cm³/mol. The molecule has 1 saturated heterocycles. The Morgan fingerprint density at radius 3 is 2.23 bits per heavy atom. The molecule has 3 aromatic rings. The Kier molecular flexibility index (Phi) is 5.61. The van der Waals surface area contributed by atoms with Crippen LogP contribution in [0, 0.1) is 5.82 Å². The standard InChI is InChI=1S/C23H24FN5O/c1-27(2)20-9-5-18(6-10-20)23(30)29-13-11-28(12-14-29)22-15-21(25-16-26-22)17-3-7-19(24)8-4-17/h3-10,15-16H,11-14H2,1-2H3. The lowest BCUT2D eigenvalue weighted by molar-refractivity contribution is 0.0746. The lowest BCUT2D eigenvalue weighted by atomic mass is 10.1. The topological polar surface area (TPSA) is 52.6 Å². The van der Waals surface area contributed by atoms with Crippen molar-refractivity contribution in [2.24, 2.45) is 0 Å². The van der Waals surface area contributed by atoms with E-state index >= 15 is 0 Å². The smallest absolute Gasteiger partial charge is 0.253 e. The number of aromatic nitrogens is 2. The zero-order chi connectivity index (χ0) is 21.1. The maximum absolute atomic E-state index is 13.2. The largest absolute Gasteiger partial charge is 0.378 e. The van der Waals surface area contributed by atoms with E-state index in [0.717, 1.165) is 22.8 Å². The lowest BCUT2D eigenvalue weighted by Crippen LogP contribution is -2.49. The Bertz CT molecular complexity index is 1010. The van der Waals surface area contributed by atoms with E-state index in [4.69, 9.17) is 0 Å². The Morgan fingerprint density at radius 2 is 1.60 bits per heavy atom. The number of benzene rings is 2. The van der Waals surface area contributed by atoms with Gasteiger partial charge in [-0.2, -0.15) is 0 Å². The molecule has 1 aliphatic heterocycles. The maximum Gasteiger partial charge on any atom is 0.253 e. The fourth-order valence-electron chi connectivity index (χ4n) is 3.52. The zero-order valence-corrected chi connectivity index (χ0v) is 17.1. The van der Waals surface area contributed by atoms with Crippen molar-refractivity contribution >= 4 is 17.4 Å². The van der Waals surface area contributed by atoms with Gasteiger partial charge in [-0.3, -0.25) is 4.79 Å². The summed E-state index contributed by atoms with van der Waals surface area (Å²) in [5.41, 5.74) is 3.36. The highest BCUT2D eigenvalue weighted by Crippen LogP contribution is 2.22. The van der Waals surface area contributed by atoms with Crippen LogP contribution in [-0.4, -0.2) is 61.0 Å². The molecular formula is C23H24FN5O. The van der Waals surface area contributed by atoms with Crippen LogP contribution < -0.4 is 9.80 Å². The summed E-state index contributed by atoms with van der Waals surface area (Å²) in [6, 6.07) is 15.8. The summed E-state index contributed by atoms with van der Waals surface area (Å²) in [7, 11) is 3.95. The van der Waals surface area contributed by atoms with Crippen molar-refractivity contribution in [2.75, 3.05) is 50.1 Å². The minimum atomic E-state index is -0.273. The van der Waals surface area contributed by atoms with E-state index in [1.807, 2.05) is 54.2 Å². The molecule has 0 saturated carbocycles. The average molecular weight is 405 g/mol. The summed E-state index contributed by atoms with van der Waals surface area (Å²) < 4.78 is 13.2. The summed E-state index contributed by atoms with van der Waals surface area (Å²) >= 11 is 0. The molecule has 0 radical (unpaired) electrons. The Balaban J connectivity index is 1.41. The Labute approximate surface area is 175 Å². The van der Waals surface area contributed by atoms with Gasteiger partial charge in [0.05, 0.1) is 5.69 Å². The summed E-state index contributed by atoms with van der Waals surface area (Å²) in [5, 5.41) is 0. The van der Waals surface area contributed by atoms with Gasteiger partial charge >= 0.3 is 0 Å². The molecule has 1 aromatic heterocycles. The van der Waals surface area contributed by atoms with Crippen LogP contribution in [0.3, 0.4) is 0 Å². The molecule has 0 N–H and O–H groups in total. The lowest BCUT2D eigenvalue weighted by Gasteiger charge is -2.35. The van der Waals surface area contributed by atoms with Crippen LogP contribution in [0.5, 0.6) is 0 Å². The molecule has 1 fully saturated rings. The van der Waals surface area contributed by atoms with Crippen molar-refractivity contribution in [3.63, 3.8) is 0 Å². The van der Waals surface area contributed by atoms with Gasteiger partial charge in [-0.25, -0.2) is 14.4 Å². The van der Waals surface area contributed by atoms with Crippen molar-refractivity contribution < 1.29 is 9.18 Å². The molecule has 0 spiro atoms. The minimum Gasteiger partial charge on any atom is -0.378 e. The molecule has 30 heavy (non-hydrogen) atoms. The van der Waals surface area contributed by atoms with Gasteiger partial charge in [0.15, 0.2) is 0 Å². The molecule has 2 aromatic carbocycles. The van der Waals surface area contributed by atoms with Gasteiger partial charge in [0.1, 0.15) is 18.0 Å². The monoisotopic (exact) mass is 405 g/mol. The van der Waals surface area contributed by atoms with Gasteiger partial charge in [-0.1, -0.05) is 0 Å². The highest BCUT2D eigenvalue weighted by atomic mass is 19.1. The highest BCUT2D eigenvalue weighted by molar-refractivity contribution is 5.94. The summed E-state index contributed by atoms with van der Waals surface area (Å²) in [6.07, 6.45) is 1.53. The number of anilines is 2. The van der Waals surface area contributed by atoms with E-state index in [9.17, 15) is 9.18 Å². The molecule has 0 bridgehead atoms. The van der Waals surface area contributed by atoms with E-state index in [1.165, 1.54) is 18.5 Å². The van der Waals surface area contributed by atoms with Crippen LogP contribution in [0.2, 0.25) is 0 Å². The third kappa shape index (κ3) is 4.25. The number of rotatable bonds is 4. The van der Waals surface area contributed by atoms with Gasteiger partial charge in [-0.15, -0.1) is 0 Å². The van der Waals surface area contributed by atoms with E-state index in [0.29, 0.717) is 31.7 Å². The Hall–Kier alpha value is -3.48. The molecule has 1 aliphatic rings. The van der Waals surface area contributed by atoms with Crippen LogP contribution in [-0.2, 0) is 0 Å². The normalized spacial score (nSPS) is 14.0. The quantitative estimate of drug-likeness (QED) is 0.667. The van der Waals surface area contributed by atoms with Crippen LogP contribution in [0.4, 0.5) is 15.9 Å². The first-order valence-corrected chi connectivity index (χ1v) is 9.91. The molecule has 0 unspecified atom stereocenters. The Morgan fingerprint density at radius 1 is 0.933 bits per heavy atom. The molecule has 0 aliphatic carbocycles. The molecule has 6 nitrogen and oxygen atoms in total. The first-order valence-electron chi connectivity index (χ1n) is 9.91. The van der Waals surface area contributed by atoms with Crippen LogP contribution in [0.1, 0.15) is 10.4 Å². The van der Waals surface area contributed by atoms with Gasteiger partial charge in [0.2, 0.25) is 0 Å². The van der Waals surface area contributed by atoms with Gasteiger partial charge in [0, 0.05) is 63.2 Å². The first kappa shape index (κ1) is 19.8. The van der Waals surface area contributed by atoms with E-state index in [1.54, 1.807) is 12.1 Å². The van der Waals surface area contributed by atoms with Crippen molar-refractivity contribution in [3.8, 4) is 11.3 Å².